The molecule has 3 rings (SSSR count). The summed E-state index contributed by atoms with van der Waals surface area (Å²) in [6, 6.07) is 12.8. The Labute approximate surface area is 147 Å². The number of nitrogens with zero attached hydrogens (tertiary/aromatic N) is 2. The molecule has 0 radical (unpaired) electrons. The zero-order valence-corrected chi connectivity index (χ0v) is 14.9. The van der Waals surface area contributed by atoms with E-state index in [1.165, 1.54) is 0 Å². The van der Waals surface area contributed by atoms with Crippen LogP contribution in [-0.4, -0.2) is 18.4 Å². The van der Waals surface area contributed by atoms with Crippen LogP contribution >= 0.6 is 0 Å². The smallest absolute Gasteiger partial charge is 0.241 e. The quantitative estimate of drug-likeness (QED) is 0.764. The topological polar surface area (TPSA) is 72.0 Å². The van der Waals surface area contributed by atoms with Crippen molar-refractivity contribution in [3.8, 4) is 11.3 Å². The van der Waals surface area contributed by atoms with Gasteiger partial charge in [-0.3, -0.25) is 9.97 Å². The summed E-state index contributed by atoms with van der Waals surface area (Å²) in [5.74, 6) is 0. The van der Waals surface area contributed by atoms with Gasteiger partial charge in [-0.05, 0) is 60.9 Å². The number of rotatable bonds is 5. The van der Waals surface area contributed by atoms with Crippen molar-refractivity contribution in [1.82, 2.24) is 14.7 Å². The molecule has 2 aromatic heterocycles. The fourth-order valence-electron chi connectivity index (χ4n) is 2.52. The molecule has 0 aliphatic heterocycles. The van der Waals surface area contributed by atoms with Crippen molar-refractivity contribution in [2.75, 3.05) is 0 Å². The molecule has 0 unspecified atom stereocenters. The second kappa shape index (κ2) is 7.13. The Bertz CT molecular complexity index is 987. The zero-order valence-electron chi connectivity index (χ0n) is 14.1. The summed E-state index contributed by atoms with van der Waals surface area (Å²) in [6.45, 7) is 3.88. The number of aromatic nitrogens is 2. The molecule has 6 heteroatoms. The molecule has 25 heavy (non-hydrogen) atoms. The van der Waals surface area contributed by atoms with E-state index in [1.807, 2.05) is 37.3 Å². The molecule has 0 saturated heterocycles. The molecule has 0 fully saturated rings. The van der Waals surface area contributed by atoms with Crippen molar-refractivity contribution in [1.29, 1.82) is 0 Å². The van der Waals surface area contributed by atoms with Crippen molar-refractivity contribution in [2.45, 2.75) is 25.3 Å². The Morgan fingerprint density at radius 1 is 0.960 bits per heavy atom. The fourth-order valence-corrected chi connectivity index (χ4v) is 3.86. The van der Waals surface area contributed by atoms with Gasteiger partial charge in [-0.25, -0.2) is 13.1 Å². The Hall–Kier alpha value is -2.57. The summed E-state index contributed by atoms with van der Waals surface area (Å²) in [7, 11) is -3.57. The minimum atomic E-state index is -3.57. The molecule has 0 saturated carbocycles. The van der Waals surface area contributed by atoms with E-state index in [9.17, 15) is 8.42 Å². The standard InChI is InChI=1S/C19H19N3O2S/c1-14-3-4-15(2)19(11-14)25(23,24)22-13-16-5-10-21-18(12-16)17-6-8-20-9-7-17/h3-12,22H,13H2,1-2H3. The van der Waals surface area contributed by atoms with Gasteiger partial charge in [0.25, 0.3) is 0 Å². The van der Waals surface area contributed by atoms with Crippen LogP contribution in [0.1, 0.15) is 16.7 Å². The van der Waals surface area contributed by atoms with E-state index in [-0.39, 0.29) is 6.54 Å². The van der Waals surface area contributed by atoms with Crippen molar-refractivity contribution in [2.24, 2.45) is 0 Å². The third kappa shape index (κ3) is 4.10. The Kier molecular flexibility index (Phi) is 4.92. The van der Waals surface area contributed by atoms with Crippen LogP contribution < -0.4 is 4.72 Å². The highest BCUT2D eigenvalue weighted by Crippen LogP contribution is 2.19. The summed E-state index contributed by atoms with van der Waals surface area (Å²) in [4.78, 5) is 8.64. The van der Waals surface area contributed by atoms with Crippen LogP contribution in [0.5, 0.6) is 0 Å². The number of hydrogen-bond acceptors (Lipinski definition) is 4. The van der Waals surface area contributed by atoms with Crippen molar-refractivity contribution < 1.29 is 8.42 Å². The van der Waals surface area contributed by atoms with Crippen LogP contribution in [-0.2, 0) is 16.6 Å². The van der Waals surface area contributed by atoms with E-state index in [0.717, 1.165) is 27.9 Å². The maximum absolute atomic E-state index is 12.6. The molecular weight excluding hydrogens is 334 g/mol. The number of hydrogen-bond donors (Lipinski definition) is 1. The predicted molar refractivity (Wildman–Crippen MR) is 97.4 cm³/mol. The summed E-state index contributed by atoms with van der Waals surface area (Å²) in [5.41, 5.74) is 4.20. The van der Waals surface area contributed by atoms with Gasteiger partial charge in [-0.2, -0.15) is 0 Å². The van der Waals surface area contributed by atoms with Gasteiger partial charge in [0.05, 0.1) is 10.6 Å². The number of aryl methyl sites for hydroxylation is 2. The molecule has 128 valence electrons. The Morgan fingerprint density at radius 3 is 2.48 bits per heavy atom. The second-order valence-electron chi connectivity index (χ2n) is 5.88. The molecule has 0 aliphatic carbocycles. The molecule has 0 spiro atoms. The number of benzene rings is 1. The summed E-state index contributed by atoms with van der Waals surface area (Å²) < 4.78 is 27.9. The second-order valence-corrected chi connectivity index (χ2v) is 7.61. The van der Waals surface area contributed by atoms with Gasteiger partial charge in [-0.1, -0.05) is 12.1 Å². The van der Waals surface area contributed by atoms with Gasteiger partial charge >= 0.3 is 0 Å². The molecule has 1 aromatic carbocycles. The van der Waals surface area contributed by atoms with E-state index in [4.69, 9.17) is 0 Å². The average Bonchev–Trinajstić information content (AvgIpc) is 2.63. The first kappa shape index (κ1) is 17.3. The summed E-state index contributed by atoms with van der Waals surface area (Å²) in [6.07, 6.45) is 5.08. The molecule has 5 nitrogen and oxygen atoms in total. The zero-order chi connectivity index (χ0) is 17.9. The van der Waals surface area contributed by atoms with Crippen LogP contribution in [0.3, 0.4) is 0 Å². The van der Waals surface area contributed by atoms with Crippen molar-refractivity contribution in [3.05, 3.63) is 77.7 Å². The molecule has 2 heterocycles. The third-order valence-electron chi connectivity index (χ3n) is 3.90. The first-order valence-electron chi connectivity index (χ1n) is 7.88. The Balaban J connectivity index is 1.81. The van der Waals surface area contributed by atoms with Gasteiger partial charge in [0.15, 0.2) is 0 Å². The minimum absolute atomic E-state index is 0.205. The van der Waals surface area contributed by atoms with Crippen LogP contribution in [0.2, 0.25) is 0 Å². The van der Waals surface area contributed by atoms with E-state index in [2.05, 4.69) is 14.7 Å². The molecule has 0 bridgehead atoms. The summed E-state index contributed by atoms with van der Waals surface area (Å²) in [5, 5.41) is 0. The maximum atomic E-state index is 12.6. The molecule has 3 aromatic rings. The molecular formula is C19H19N3O2S. The van der Waals surface area contributed by atoms with Gasteiger partial charge in [0.1, 0.15) is 0 Å². The van der Waals surface area contributed by atoms with Crippen LogP contribution in [0.15, 0.2) is 66.0 Å². The average molecular weight is 353 g/mol. The highest BCUT2D eigenvalue weighted by molar-refractivity contribution is 7.89. The number of pyridine rings is 2. The van der Waals surface area contributed by atoms with Crippen molar-refractivity contribution >= 4 is 10.0 Å². The van der Waals surface area contributed by atoms with Gasteiger partial charge in [0, 0.05) is 30.7 Å². The van der Waals surface area contributed by atoms with E-state index >= 15 is 0 Å². The van der Waals surface area contributed by atoms with Crippen molar-refractivity contribution in [3.63, 3.8) is 0 Å². The molecule has 0 atom stereocenters. The van der Waals surface area contributed by atoms with Crippen LogP contribution in [0.25, 0.3) is 11.3 Å². The maximum Gasteiger partial charge on any atom is 0.241 e. The molecule has 0 aliphatic rings. The monoisotopic (exact) mass is 353 g/mol. The minimum Gasteiger partial charge on any atom is -0.265 e. The van der Waals surface area contributed by atoms with E-state index in [0.29, 0.717) is 4.90 Å². The number of nitrogens with one attached hydrogen (secondary N) is 1. The fraction of sp³-hybridized carbons (Fsp3) is 0.158. The Morgan fingerprint density at radius 2 is 1.72 bits per heavy atom. The van der Waals surface area contributed by atoms with Gasteiger partial charge < -0.3 is 0 Å². The lowest BCUT2D eigenvalue weighted by Crippen LogP contribution is -2.24. The van der Waals surface area contributed by atoms with E-state index in [1.54, 1.807) is 37.6 Å². The molecule has 1 N–H and O–H groups in total. The highest BCUT2D eigenvalue weighted by atomic mass is 32.2. The van der Waals surface area contributed by atoms with E-state index < -0.39 is 10.0 Å². The molecule has 0 amide bonds. The first-order chi connectivity index (χ1) is 12.0. The third-order valence-corrected chi connectivity index (χ3v) is 5.44. The normalized spacial score (nSPS) is 11.4. The lowest BCUT2D eigenvalue weighted by Gasteiger charge is -2.11. The van der Waals surface area contributed by atoms with Crippen LogP contribution in [0, 0.1) is 13.8 Å². The van der Waals surface area contributed by atoms with Gasteiger partial charge in [0.2, 0.25) is 10.0 Å². The van der Waals surface area contributed by atoms with Crippen LogP contribution in [0.4, 0.5) is 0 Å². The van der Waals surface area contributed by atoms with Gasteiger partial charge in [-0.15, -0.1) is 0 Å². The lowest BCUT2D eigenvalue weighted by atomic mass is 10.1. The highest BCUT2D eigenvalue weighted by Gasteiger charge is 2.16. The lowest BCUT2D eigenvalue weighted by molar-refractivity contribution is 0.580. The first-order valence-corrected chi connectivity index (χ1v) is 9.36. The largest absolute Gasteiger partial charge is 0.265 e. The number of sulfonamides is 1. The summed E-state index contributed by atoms with van der Waals surface area (Å²) >= 11 is 0. The predicted octanol–water partition coefficient (Wildman–Crippen LogP) is 3.24. The SMILES string of the molecule is Cc1ccc(C)c(S(=O)(=O)NCc2ccnc(-c3ccncc3)c2)c1.